The van der Waals surface area contributed by atoms with Crippen molar-refractivity contribution >= 4 is 0 Å². The Morgan fingerprint density at radius 3 is 2.33 bits per heavy atom. The Morgan fingerprint density at radius 2 is 1.81 bits per heavy atom. The minimum Gasteiger partial charge on any atom is -0.379 e. The van der Waals surface area contributed by atoms with E-state index in [1.54, 1.807) is 6.92 Å². The van der Waals surface area contributed by atoms with E-state index in [0.29, 0.717) is 17.4 Å². The van der Waals surface area contributed by atoms with Crippen LogP contribution in [0.1, 0.15) is 34.1 Å². The number of aliphatic hydroxyl groups is 1. The van der Waals surface area contributed by atoms with Crippen molar-refractivity contribution in [3.8, 4) is 0 Å². The molecule has 0 aromatic heterocycles. The first kappa shape index (κ1) is 16.1. The zero-order chi connectivity index (χ0) is 15.9. The van der Waals surface area contributed by atoms with Crippen LogP contribution in [0.15, 0.2) is 46.1 Å². The molecule has 0 bridgehead atoms. The van der Waals surface area contributed by atoms with Crippen molar-refractivity contribution in [1.82, 2.24) is 0 Å². The summed E-state index contributed by atoms with van der Waals surface area (Å²) in [5, 5.41) is 9.64. The van der Waals surface area contributed by atoms with Crippen LogP contribution in [0.4, 0.5) is 13.2 Å². The first-order chi connectivity index (χ1) is 9.62. The second-order valence-corrected chi connectivity index (χ2v) is 6.21. The number of rotatable bonds is 2. The Kier molecular flexibility index (Phi) is 4.20. The van der Waals surface area contributed by atoms with Crippen molar-refractivity contribution < 1.29 is 18.3 Å². The lowest BCUT2D eigenvalue weighted by Gasteiger charge is -2.18. The van der Waals surface area contributed by atoms with Crippen LogP contribution in [0.3, 0.4) is 0 Å². The van der Waals surface area contributed by atoms with Crippen molar-refractivity contribution in [3.05, 3.63) is 46.1 Å². The number of aliphatic hydroxyl groups excluding tert-OH is 1. The minimum absolute atomic E-state index is 0.0237. The number of allylic oxidation sites excluding steroid dienone is 6. The molecule has 2 unspecified atom stereocenters. The molecule has 0 aromatic carbocycles. The van der Waals surface area contributed by atoms with Gasteiger partial charge in [-0.3, -0.25) is 0 Å². The fraction of sp³-hybridized carbons (Fsp3) is 0.529. The molecule has 0 saturated carbocycles. The highest BCUT2D eigenvalue weighted by Gasteiger charge is 2.43. The third kappa shape index (κ3) is 3.00. The highest BCUT2D eigenvalue weighted by molar-refractivity contribution is 5.67. The van der Waals surface area contributed by atoms with E-state index < -0.39 is 12.3 Å². The zero-order valence-corrected chi connectivity index (χ0v) is 12.8. The molecule has 1 nitrogen and oxygen atoms in total. The molecule has 116 valence electrons. The van der Waals surface area contributed by atoms with Crippen LogP contribution in [0.2, 0.25) is 0 Å². The van der Waals surface area contributed by atoms with E-state index in [0.717, 1.165) is 23.1 Å². The summed E-state index contributed by atoms with van der Waals surface area (Å²) in [6.45, 7) is 7.84. The summed E-state index contributed by atoms with van der Waals surface area (Å²) < 4.78 is 38.6. The maximum atomic E-state index is 12.9. The van der Waals surface area contributed by atoms with Crippen LogP contribution in [0.25, 0.3) is 0 Å². The quantitative estimate of drug-likeness (QED) is 0.782. The molecule has 4 heteroatoms. The summed E-state index contributed by atoms with van der Waals surface area (Å²) in [5.74, 6) is 0.725. The van der Waals surface area contributed by atoms with Gasteiger partial charge < -0.3 is 5.11 Å². The number of hydrogen-bond donors (Lipinski definition) is 1. The number of fused-ring (bicyclic) bond motifs is 1. The Labute approximate surface area is 123 Å². The second-order valence-electron chi connectivity index (χ2n) is 6.21. The lowest BCUT2D eigenvalue weighted by atomic mass is 9.90. The van der Waals surface area contributed by atoms with Gasteiger partial charge >= 0.3 is 6.18 Å². The van der Waals surface area contributed by atoms with Crippen LogP contribution < -0.4 is 0 Å². The van der Waals surface area contributed by atoms with Crippen molar-refractivity contribution in [3.63, 3.8) is 0 Å². The summed E-state index contributed by atoms with van der Waals surface area (Å²) in [7, 11) is 0. The van der Waals surface area contributed by atoms with E-state index in [4.69, 9.17) is 0 Å². The first-order valence-electron chi connectivity index (χ1n) is 7.20. The summed E-state index contributed by atoms with van der Waals surface area (Å²) in [5.41, 5.74) is 2.99. The van der Waals surface area contributed by atoms with Gasteiger partial charge in [-0.15, -0.1) is 0 Å². The molecule has 0 saturated heterocycles. The number of hydrogen-bond acceptors (Lipinski definition) is 1. The molecule has 2 aliphatic carbocycles. The molecule has 2 rings (SSSR count). The zero-order valence-electron chi connectivity index (χ0n) is 12.8. The highest BCUT2D eigenvalue weighted by Crippen LogP contribution is 2.43. The van der Waals surface area contributed by atoms with Gasteiger partial charge in [0.2, 0.25) is 0 Å². The summed E-state index contributed by atoms with van der Waals surface area (Å²) in [6.07, 6.45) is -0.724. The topological polar surface area (TPSA) is 20.2 Å². The van der Waals surface area contributed by atoms with E-state index in [1.807, 2.05) is 13.0 Å². The minimum atomic E-state index is -4.64. The fourth-order valence-corrected chi connectivity index (χ4v) is 2.94. The predicted octanol–water partition coefficient (Wildman–Crippen LogP) is 4.71. The highest BCUT2D eigenvalue weighted by atomic mass is 19.4. The molecule has 0 amide bonds. The fourth-order valence-electron chi connectivity index (χ4n) is 2.94. The average Bonchev–Trinajstić information content (AvgIpc) is 2.56. The van der Waals surface area contributed by atoms with Crippen molar-refractivity contribution in [1.29, 1.82) is 0 Å². The molecule has 0 spiro atoms. The Hall–Kier alpha value is -1.29. The van der Waals surface area contributed by atoms with E-state index in [2.05, 4.69) is 19.9 Å². The van der Waals surface area contributed by atoms with Gasteiger partial charge in [0.25, 0.3) is 0 Å². The van der Waals surface area contributed by atoms with Gasteiger partial charge in [0.15, 0.2) is 6.10 Å². The smallest absolute Gasteiger partial charge is 0.379 e. The molecule has 0 radical (unpaired) electrons. The SMILES string of the molecule is CC1=CC(C(O)C(F)(F)F)=C2C(C)=CCC(C(C)C)C=C12. The maximum Gasteiger partial charge on any atom is 0.418 e. The third-order valence-corrected chi connectivity index (χ3v) is 4.29. The van der Waals surface area contributed by atoms with Crippen LogP contribution >= 0.6 is 0 Å². The number of halogens is 3. The average molecular weight is 298 g/mol. The molecule has 0 heterocycles. The van der Waals surface area contributed by atoms with E-state index in [9.17, 15) is 18.3 Å². The van der Waals surface area contributed by atoms with Crippen LogP contribution in [-0.2, 0) is 0 Å². The van der Waals surface area contributed by atoms with Gasteiger partial charge in [-0.25, -0.2) is 0 Å². The summed E-state index contributed by atoms with van der Waals surface area (Å²) in [4.78, 5) is 0. The van der Waals surface area contributed by atoms with E-state index >= 15 is 0 Å². The second kappa shape index (κ2) is 5.48. The Morgan fingerprint density at radius 1 is 1.19 bits per heavy atom. The Bertz CT molecular complexity index is 559. The molecule has 0 aliphatic heterocycles. The Balaban J connectivity index is 2.57. The summed E-state index contributed by atoms with van der Waals surface area (Å²) >= 11 is 0. The van der Waals surface area contributed by atoms with E-state index in [-0.39, 0.29) is 5.57 Å². The molecular weight excluding hydrogens is 277 g/mol. The molecule has 21 heavy (non-hydrogen) atoms. The molecule has 2 aliphatic rings. The standard InChI is InChI=1S/C17H21F3O/c1-9(2)12-6-5-10(3)15-13(8-12)11(4)7-14(15)16(21)17(18,19)20/h5,7-9,12,16,21H,6H2,1-4H3. The number of alkyl halides is 3. The van der Waals surface area contributed by atoms with E-state index in [1.165, 1.54) is 6.08 Å². The normalized spacial score (nSPS) is 24.4. The van der Waals surface area contributed by atoms with Gasteiger partial charge in [0.1, 0.15) is 0 Å². The lowest BCUT2D eigenvalue weighted by Crippen LogP contribution is -2.30. The molecule has 0 aromatic rings. The first-order valence-corrected chi connectivity index (χ1v) is 7.20. The van der Waals surface area contributed by atoms with Crippen LogP contribution in [0.5, 0.6) is 0 Å². The van der Waals surface area contributed by atoms with Gasteiger partial charge in [0.05, 0.1) is 0 Å². The molecule has 1 N–H and O–H groups in total. The largest absolute Gasteiger partial charge is 0.418 e. The summed E-state index contributed by atoms with van der Waals surface area (Å²) in [6, 6.07) is 0. The van der Waals surface area contributed by atoms with Crippen molar-refractivity contribution in [2.24, 2.45) is 11.8 Å². The van der Waals surface area contributed by atoms with Crippen LogP contribution in [-0.4, -0.2) is 17.4 Å². The van der Waals surface area contributed by atoms with Gasteiger partial charge in [-0.05, 0) is 60.0 Å². The van der Waals surface area contributed by atoms with Gasteiger partial charge in [0, 0.05) is 0 Å². The predicted molar refractivity (Wildman–Crippen MR) is 77.6 cm³/mol. The monoisotopic (exact) mass is 298 g/mol. The van der Waals surface area contributed by atoms with Crippen molar-refractivity contribution in [2.45, 2.75) is 46.4 Å². The van der Waals surface area contributed by atoms with Crippen LogP contribution in [0, 0.1) is 11.8 Å². The van der Waals surface area contributed by atoms with Crippen molar-refractivity contribution in [2.75, 3.05) is 0 Å². The third-order valence-electron chi connectivity index (χ3n) is 4.29. The van der Waals surface area contributed by atoms with Gasteiger partial charge in [-0.1, -0.05) is 32.1 Å². The molecule has 0 fully saturated rings. The lowest BCUT2D eigenvalue weighted by molar-refractivity contribution is -0.190. The molecule has 2 atom stereocenters. The molecular formula is C17H21F3O. The van der Waals surface area contributed by atoms with Gasteiger partial charge in [-0.2, -0.15) is 13.2 Å². The maximum absolute atomic E-state index is 12.9.